The van der Waals surface area contributed by atoms with Gasteiger partial charge in [-0.3, -0.25) is 14.4 Å². The van der Waals surface area contributed by atoms with Crippen molar-refractivity contribution in [2.45, 2.75) is 26.7 Å². The minimum atomic E-state index is -0.987. The zero-order valence-corrected chi connectivity index (χ0v) is 8.87. The number of hydrogen-bond acceptors (Lipinski definition) is 4. The van der Waals surface area contributed by atoms with E-state index in [1.807, 2.05) is 0 Å². The summed E-state index contributed by atoms with van der Waals surface area (Å²) in [7, 11) is 0. The molecule has 0 rings (SSSR count). The lowest BCUT2D eigenvalue weighted by Crippen LogP contribution is -2.22. The molecule has 0 aromatic heterocycles. The second kappa shape index (κ2) is 6.75. The highest BCUT2D eigenvalue weighted by Gasteiger charge is 2.04. The maximum atomic E-state index is 11.1. The van der Waals surface area contributed by atoms with Gasteiger partial charge in [0.2, 0.25) is 0 Å². The van der Waals surface area contributed by atoms with Gasteiger partial charge in [-0.1, -0.05) is 0 Å². The van der Waals surface area contributed by atoms with Crippen molar-refractivity contribution in [3.05, 3.63) is 11.8 Å². The van der Waals surface area contributed by atoms with Crippen molar-refractivity contribution in [2.75, 3.05) is 6.54 Å². The number of hydrogen-bond donors (Lipinski definition) is 2. The first kappa shape index (κ1) is 13.4. The largest absolute Gasteiger partial charge is 0.481 e. The number of allylic oxidation sites excluding steroid dienone is 2. The number of Topliss-reactive ketones (excluding diaryl/α,β-unsaturated/α-hetero) is 1. The molecular weight excluding hydrogens is 199 g/mol. The van der Waals surface area contributed by atoms with Crippen LogP contribution in [0.1, 0.15) is 26.7 Å². The fraction of sp³-hybridized carbons (Fsp3) is 0.500. The molecule has 0 aromatic carbocycles. The lowest BCUT2D eigenvalue weighted by molar-refractivity contribution is -0.138. The third-order valence-electron chi connectivity index (χ3n) is 1.60. The average Bonchev–Trinajstić information content (AvgIpc) is 2.10. The van der Waals surface area contributed by atoms with Gasteiger partial charge < -0.3 is 10.4 Å². The van der Waals surface area contributed by atoms with Crippen LogP contribution in [0.15, 0.2) is 11.8 Å². The van der Waals surface area contributed by atoms with Crippen molar-refractivity contribution in [1.82, 2.24) is 5.32 Å². The Hall–Kier alpha value is -1.65. The van der Waals surface area contributed by atoms with Crippen LogP contribution in [-0.2, 0) is 14.4 Å². The van der Waals surface area contributed by atoms with E-state index in [0.717, 1.165) is 0 Å². The minimum Gasteiger partial charge on any atom is -0.481 e. The van der Waals surface area contributed by atoms with Crippen LogP contribution in [-0.4, -0.2) is 29.2 Å². The molecule has 0 amide bonds. The molecular formula is C10H15NO4. The fourth-order valence-electron chi connectivity index (χ4n) is 0.929. The van der Waals surface area contributed by atoms with Gasteiger partial charge in [0, 0.05) is 12.1 Å². The van der Waals surface area contributed by atoms with Crippen molar-refractivity contribution in [3.63, 3.8) is 0 Å². The van der Waals surface area contributed by atoms with Gasteiger partial charge in [-0.25, -0.2) is 0 Å². The minimum absolute atomic E-state index is 0.00961. The molecule has 0 aliphatic carbocycles. The number of ketones is 2. The van der Waals surface area contributed by atoms with Gasteiger partial charge in [-0.2, -0.15) is 0 Å². The molecule has 0 aromatic rings. The summed E-state index contributed by atoms with van der Waals surface area (Å²) >= 11 is 0. The van der Waals surface area contributed by atoms with Gasteiger partial charge in [-0.05, 0) is 19.9 Å². The molecule has 15 heavy (non-hydrogen) atoms. The highest BCUT2D eigenvalue weighted by Crippen LogP contribution is 1.92. The molecule has 0 bridgehead atoms. The predicted octanol–water partition coefficient (Wildman–Crippen LogP) is 0.503. The zero-order valence-electron chi connectivity index (χ0n) is 8.87. The molecule has 0 saturated carbocycles. The normalized spacial score (nSPS) is 10.9. The first-order valence-electron chi connectivity index (χ1n) is 4.58. The van der Waals surface area contributed by atoms with Gasteiger partial charge in [0.05, 0.1) is 13.0 Å². The molecule has 0 unspecified atom stereocenters. The molecule has 5 nitrogen and oxygen atoms in total. The summed E-state index contributed by atoms with van der Waals surface area (Å²) in [5.41, 5.74) is 0.603. The van der Waals surface area contributed by atoms with Crippen LogP contribution >= 0.6 is 0 Å². The third-order valence-corrected chi connectivity index (χ3v) is 1.60. The maximum absolute atomic E-state index is 11.1. The van der Waals surface area contributed by atoms with Crippen LogP contribution in [0.4, 0.5) is 0 Å². The Morgan fingerprint density at radius 1 is 1.20 bits per heavy atom. The number of rotatable bonds is 7. The van der Waals surface area contributed by atoms with Crippen LogP contribution in [0.2, 0.25) is 0 Å². The molecule has 0 fully saturated rings. The summed E-state index contributed by atoms with van der Waals surface area (Å²) < 4.78 is 0. The van der Waals surface area contributed by atoms with Gasteiger partial charge in [0.1, 0.15) is 0 Å². The van der Waals surface area contributed by atoms with Crippen molar-refractivity contribution in [2.24, 2.45) is 0 Å². The number of carboxylic acid groups (broad SMARTS) is 1. The van der Waals surface area contributed by atoms with Gasteiger partial charge >= 0.3 is 5.97 Å². The first-order valence-corrected chi connectivity index (χ1v) is 4.58. The topological polar surface area (TPSA) is 83.5 Å². The standard InChI is InChI=1S/C10H15NO4/c1-7(5-8(2)12)11-6-9(13)3-4-10(14)15/h5,11H,3-4,6H2,1-2H3,(H,14,15)/b7-5+/i11+1. The first-order chi connectivity index (χ1) is 6.91. The van der Waals surface area contributed by atoms with E-state index in [-0.39, 0.29) is 31.0 Å². The second-order valence-corrected chi connectivity index (χ2v) is 3.22. The molecule has 0 aliphatic heterocycles. The molecule has 0 saturated heterocycles. The van der Waals surface area contributed by atoms with Gasteiger partial charge in [-0.15, -0.1) is 0 Å². The lowest BCUT2D eigenvalue weighted by Gasteiger charge is -2.04. The quantitative estimate of drug-likeness (QED) is 0.476. The van der Waals surface area contributed by atoms with E-state index >= 15 is 0 Å². The third kappa shape index (κ3) is 8.67. The van der Waals surface area contributed by atoms with Crippen LogP contribution in [0.25, 0.3) is 0 Å². The van der Waals surface area contributed by atoms with E-state index in [9.17, 15) is 14.4 Å². The fourth-order valence-corrected chi connectivity index (χ4v) is 0.929. The molecule has 0 atom stereocenters. The Kier molecular flexibility index (Phi) is 6.01. The van der Waals surface area contributed by atoms with Crippen LogP contribution in [0.5, 0.6) is 0 Å². The van der Waals surface area contributed by atoms with E-state index in [4.69, 9.17) is 5.11 Å². The molecule has 5 heteroatoms. The number of carbonyl (C=O) groups is 3. The number of carbonyl (C=O) groups excluding carboxylic acids is 2. The summed E-state index contributed by atoms with van der Waals surface area (Å²) in [6, 6.07) is 0. The molecule has 0 aliphatic rings. The van der Waals surface area contributed by atoms with E-state index < -0.39 is 5.97 Å². The molecule has 84 valence electrons. The van der Waals surface area contributed by atoms with E-state index in [0.29, 0.717) is 5.70 Å². The summed E-state index contributed by atoms with van der Waals surface area (Å²) in [6.07, 6.45) is 1.23. The highest BCUT2D eigenvalue weighted by atomic mass is 16.4. The Morgan fingerprint density at radius 2 is 1.80 bits per heavy atom. The van der Waals surface area contributed by atoms with Crippen LogP contribution in [0, 0.1) is 0 Å². The zero-order chi connectivity index (χ0) is 11.8. The number of carboxylic acids is 1. The van der Waals surface area contributed by atoms with Gasteiger partial charge in [0.25, 0.3) is 0 Å². The molecule has 0 radical (unpaired) electrons. The van der Waals surface area contributed by atoms with E-state index in [1.165, 1.54) is 13.0 Å². The molecule has 2 N–H and O–H groups in total. The average molecular weight is 214 g/mol. The smallest absolute Gasteiger partial charge is 0.303 e. The summed E-state index contributed by atoms with van der Waals surface area (Å²) in [5, 5.41) is 11.1. The van der Waals surface area contributed by atoms with Crippen LogP contribution in [0.3, 0.4) is 0 Å². The lowest BCUT2D eigenvalue weighted by atomic mass is 10.2. The summed E-state index contributed by atoms with van der Waals surface area (Å²) in [4.78, 5) is 31.9. The maximum Gasteiger partial charge on any atom is 0.303 e. The Labute approximate surface area is 88.2 Å². The monoisotopic (exact) mass is 214 g/mol. The van der Waals surface area contributed by atoms with Crippen molar-refractivity contribution in [1.29, 1.82) is 0 Å². The van der Waals surface area contributed by atoms with Crippen molar-refractivity contribution >= 4 is 17.5 Å². The Bertz CT molecular complexity index is 294. The Balaban J connectivity index is 3.80. The van der Waals surface area contributed by atoms with Gasteiger partial charge in [0.15, 0.2) is 11.6 Å². The summed E-state index contributed by atoms with van der Waals surface area (Å²) in [6.45, 7) is 3.15. The van der Waals surface area contributed by atoms with E-state index in [1.54, 1.807) is 6.92 Å². The predicted molar refractivity (Wildman–Crippen MR) is 54.3 cm³/mol. The van der Waals surface area contributed by atoms with Crippen molar-refractivity contribution < 1.29 is 19.5 Å². The Morgan fingerprint density at radius 3 is 2.27 bits per heavy atom. The number of nitrogens with one attached hydrogen (secondary N) is 1. The van der Waals surface area contributed by atoms with Crippen LogP contribution < -0.4 is 5.32 Å². The SMILES string of the molecule is CC(=O)/C=C(\C)[15NH]CC(=O)CCC(=O)O. The molecule has 0 heterocycles. The van der Waals surface area contributed by atoms with E-state index in [2.05, 4.69) is 5.32 Å². The highest BCUT2D eigenvalue weighted by molar-refractivity contribution is 5.88. The number of aliphatic carboxylic acids is 1. The molecule has 0 spiro atoms. The summed E-state index contributed by atoms with van der Waals surface area (Å²) in [5.74, 6) is -1.27. The second-order valence-electron chi connectivity index (χ2n) is 3.22. The van der Waals surface area contributed by atoms with Crippen molar-refractivity contribution in [3.8, 4) is 0 Å².